The largest absolute Gasteiger partial charge is 0.486 e. The Morgan fingerprint density at radius 2 is 1.48 bits per heavy atom. The van der Waals surface area contributed by atoms with E-state index in [-0.39, 0.29) is 11.8 Å². The van der Waals surface area contributed by atoms with Gasteiger partial charge in [0.05, 0.1) is 18.8 Å². The van der Waals surface area contributed by atoms with E-state index < -0.39 is 0 Å². The second-order valence-electron chi connectivity index (χ2n) is 7.66. The molecule has 1 aromatic rings. The van der Waals surface area contributed by atoms with E-state index in [4.69, 9.17) is 9.47 Å². The molecule has 2 saturated heterocycles. The number of carbonyl (C=O) groups excluding carboxylic acids is 2. The van der Waals surface area contributed by atoms with Gasteiger partial charge in [0.15, 0.2) is 11.5 Å². The smallest absolute Gasteiger partial charge is 0.238 e. The number of ether oxygens (including phenoxy) is 2. The number of carbonyl (C=O) groups is 2. The average Bonchev–Trinajstić information content (AvgIpc) is 3.25. The third-order valence-corrected chi connectivity index (χ3v) is 6.21. The molecule has 2 amide bonds. The van der Waals surface area contributed by atoms with E-state index in [1.807, 2.05) is 11.0 Å². The first-order valence-electron chi connectivity index (χ1n) is 10.2. The Bertz CT molecular complexity index is 761. The van der Waals surface area contributed by atoms with Gasteiger partial charge in [0.1, 0.15) is 13.2 Å². The molecule has 4 rings (SSSR count). The summed E-state index contributed by atoms with van der Waals surface area (Å²) in [5.41, 5.74) is 0.675. The number of nitrogens with one attached hydrogen (secondary N) is 1. The van der Waals surface area contributed by atoms with Crippen molar-refractivity contribution in [3.05, 3.63) is 16.6 Å². The summed E-state index contributed by atoms with van der Waals surface area (Å²) in [6.07, 6.45) is 2.24. The first-order chi connectivity index (χ1) is 14.1. The average molecular weight is 467 g/mol. The Morgan fingerprint density at radius 1 is 0.897 bits per heavy atom. The molecule has 0 aromatic heterocycles. The van der Waals surface area contributed by atoms with Crippen LogP contribution in [0.25, 0.3) is 0 Å². The fourth-order valence-corrected chi connectivity index (χ4v) is 4.34. The summed E-state index contributed by atoms with van der Waals surface area (Å²) in [6, 6.07) is 3.61. The maximum Gasteiger partial charge on any atom is 0.238 e. The van der Waals surface area contributed by atoms with Gasteiger partial charge < -0.3 is 19.7 Å². The molecule has 158 valence electrons. The number of amides is 2. The lowest BCUT2D eigenvalue weighted by Gasteiger charge is -2.34. The molecule has 0 aliphatic carbocycles. The molecule has 8 nitrogen and oxygen atoms in total. The van der Waals surface area contributed by atoms with Gasteiger partial charge in [-0.25, -0.2) is 0 Å². The van der Waals surface area contributed by atoms with Crippen LogP contribution in [0.4, 0.5) is 5.69 Å². The maximum absolute atomic E-state index is 12.5. The van der Waals surface area contributed by atoms with Gasteiger partial charge in [-0.1, -0.05) is 0 Å². The van der Waals surface area contributed by atoms with E-state index in [9.17, 15) is 9.59 Å². The van der Waals surface area contributed by atoms with Crippen molar-refractivity contribution in [2.45, 2.75) is 12.8 Å². The maximum atomic E-state index is 12.5. The van der Waals surface area contributed by atoms with Crippen LogP contribution >= 0.6 is 15.9 Å². The Labute approximate surface area is 179 Å². The van der Waals surface area contributed by atoms with Gasteiger partial charge >= 0.3 is 0 Å². The minimum absolute atomic E-state index is 0.0658. The van der Waals surface area contributed by atoms with Crippen LogP contribution in [0.15, 0.2) is 16.6 Å². The van der Waals surface area contributed by atoms with Crippen molar-refractivity contribution < 1.29 is 19.1 Å². The van der Waals surface area contributed by atoms with Crippen LogP contribution in [0.5, 0.6) is 11.5 Å². The van der Waals surface area contributed by atoms with Gasteiger partial charge in [0.25, 0.3) is 0 Å². The highest BCUT2D eigenvalue weighted by atomic mass is 79.9. The number of piperazine rings is 1. The zero-order valence-corrected chi connectivity index (χ0v) is 18.1. The van der Waals surface area contributed by atoms with E-state index in [2.05, 4.69) is 31.0 Å². The summed E-state index contributed by atoms with van der Waals surface area (Å²) in [7, 11) is 0. The summed E-state index contributed by atoms with van der Waals surface area (Å²) in [4.78, 5) is 31.1. The number of hydrogen-bond donors (Lipinski definition) is 1. The Kier molecular flexibility index (Phi) is 6.56. The number of likely N-dealkylation sites (tertiary alicyclic amines) is 1. The van der Waals surface area contributed by atoms with E-state index in [1.165, 1.54) is 0 Å². The molecular formula is C20H27BrN4O4. The topological polar surface area (TPSA) is 74.4 Å². The molecule has 1 aromatic carbocycles. The minimum atomic E-state index is -0.0658. The molecule has 0 spiro atoms. The van der Waals surface area contributed by atoms with Gasteiger partial charge in [0.2, 0.25) is 11.8 Å². The lowest BCUT2D eigenvalue weighted by molar-refractivity contribution is -0.132. The van der Waals surface area contributed by atoms with Crippen molar-refractivity contribution in [2.75, 3.05) is 70.9 Å². The standard InChI is InChI=1S/C20H27BrN4O4/c21-15-11-17-18(29-10-9-28-17)12-16(15)22-19(26)13-23-5-7-24(8-6-23)14-20(27)25-3-1-2-4-25/h11-12H,1-10,13-14H2,(H,22,26). The van der Waals surface area contributed by atoms with E-state index in [0.717, 1.165) is 56.6 Å². The molecule has 0 radical (unpaired) electrons. The van der Waals surface area contributed by atoms with Crippen LogP contribution in [0, 0.1) is 0 Å². The fourth-order valence-electron chi connectivity index (χ4n) is 3.92. The number of nitrogens with zero attached hydrogens (tertiary/aromatic N) is 3. The Balaban J connectivity index is 1.23. The van der Waals surface area contributed by atoms with Gasteiger partial charge in [-0.05, 0) is 28.8 Å². The monoisotopic (exact) mass is 466 g/mol. The zero-order chi connectivity index (χ0) is 20.2. The molecule has 29 heavy (non-hydrogen) atoms. The summed E-state index contributed by atoms with van der Waals surface area (Å²) in [5, 5.41) is 2.95. The second kappa shape index (κ2) is 9.32. The van der Waals surface area contributed by atoms with Crippen LogP contribution in [0.1, 0.15) is 12.8 Å². The molecule has 0 bridgehead atoms. The van der Waals surface area contributed by atoms with Crippen molar-refractivity contribution in [3.63, 3.8) is 0 Å². The molecule has 3 aliphatic heterocycles. The van der Waals surface area contributed by atoms with Crippen LogP contribution in [-0.4, -0.2) is 92.1 Å². The van der Waals surface area contributed by atoms with E-state index >= 15 is 0 Å². The highest BCUT2D eigenvalue weighted by molar-refractivity contribution is 9.10. The number of rotatable bonds is 5. The molecule has 0 saturated carbocycles. The third kappa shape index (κ3) is 5.21. The summed E-state index contributed by atoms with van der Waals surface area (Å²) in [6.45, 7) is 6.82. The molecular weight excluding hydrogens is 440 g/mol. The lowest BCUT2D eigenvalue weighted by atomic mass is 10.2. The normalized spacial score (nSPS) is 20.0. The van der Waals surface area contributed by atoms with Gasteiger partial charge in [-0.2, -0.15) is 0 Å². The number of fused-ring (bicyclic) bond motifs is 1. The molecule has 3 heterocycles. The molecule has 3 aliphatic rings. The fraction of sp³-hybridized carbons (Fsp3) is 0.600. The minimum Gasteiger partial charge on any atom is -0.486 e. The first-order valence-corrected chi connectivity index (χ1v) is 11.0. The molecule has 0 atom stereocenters. The van der Waals surface area contributed by atoms with Crippen molar-refractivity contribution in [2.24, 2.45) is 0 Å². The van der Waals surface area contributed by atoms with Gasteiger partial charge in [0, 0.05) is 55.9 Å². The number of halogens is 1. The predicted molar refractivity (Wildman–Crippen MR) is 112 cm³/mol. The number of hydrogen-bond acceptors (Lipinski definition) is 6. The Morgan fingerprint density at radius 3 is 2.14 bits per heavy atom. The summed E-state index contributed by atoms with van der Waals surface area (Å²) < 4.78 is 11.9. The molecule has 9 heteroatoms. The van der Waals surface area contributed by atoms with Crippen molar-refractivity contribution in [1.82, 2.24) is 14.7 Å². The molecule has 2 fully saturated rings. The van der Waals surface area contributed by atoms with Crippen molar-refractivity contribution in [1.29, 1.82) is 0 Å². The summed E-state index contributed by atoms with van der Waals surface area (Å²) in [5.74, 6) is 1.49. The SMILES string of the molecule is O=C(CN1CCN(CC(=O)N2CCCC2)CC1)Nc1cc2c(cc1Br)OCCO2. The summed E-state index contributed by atoms with van der Waals surface area (Å²) >= 11 is 3.48. The van der Waals surface area contributed by atoms with Crippen LogP contribution in [0.3, 0.4) is 0 Å². The lowest BCUT2D eigenvalue weighted by Crippen LogP contribution is -2.51. The van der Waals surface area contributed by atoms with E-state index in [0.29, 0.717) is 43.5 Å². The van der Waals surface area contributed by atoms with Crippen LogP contribution < -0.4 is 14.8 Å². The van der Waals surface area contributed by atoms with Gasteiger partial charge in [-0.15, -0.1) is 0 Å². The highest BCUT2D eigenvalue weighted by Gasteiger charge is 2.24. The zero-order valence-electron chi connectivity index (χ0n) is 16.5. The highest BCUT2D eigenvalue weighted by Crippen LogP contribution is 2.38. The van der Waals surface area contributed by atoms with Gasteiger partial charge in [-0.3, -0.25) is 19.4 Å². The van der Waals surface area contributed by atoms with Crippen LogP contribution in [-0.2, 0) is 9.59 Å². The van der Waals surface area contributed by atoms with Crippen molar-refractivity contribution in [3.8, 4) is 11.5 Å². The molecule has 1 N–H and O–H groups in total. The second-order valence-corrected chi connectivity index (χ2v) is 8.52. The Hall–Kier alpha value is -1.84. The third-order valence-electron chi connectivity index (χ3n) is 5.56. The number of benzene rings is 1. The van der Waals surface area contributed by atoms with Crippen molar-refractivity contribution >= 4 is 33.4 Å². The van der Waals surface area contributed by atoms with Crippen LogP contribution in [0.2, 0.25) is 0 Å². The quantitative estimate of drug-likeness (QED) is 0.706. The first kappa shape index (κ1) is 20.4. The number of anilines is 1. The van der Waals surface area contributed by atoms with E-state index in [1.54, 1.807) is 6.07 Å². The predicted octanol–water partition coefficient (Wildman–Crippen LogP) is 1.40. The molecule has 0 unspecified atom stereocenters.